The van der Waals surface area contributed by atoms with Crippen molar-refractivity contribution in [2.45, 2.75) is 96.1 Å². The van der Waals surface area contributed by atoms with E-state index in [1.807, 2.05) is 32.6 Å². The second-order valence-corrected chi connectivity index (χ2v) is 11.1. The minimum Gasteiger partial charge on any atom is -0.376 e. The van der Waals surface area contributed by atoms with Gasteiger partial charge in [-0.15, -0.1) is 11.3 Å². The zero-order chi connectivity index (χ0) is 22.1. The summed E-state index contributed by atoms with van der Waals surface area (Å²) in [4.78, 5) is 35.5. The van der Waals surface area contributed by atoms with Gasteiger partial charge in [0.15, 0.2) is 5.16 Å². The minimum absolute atomic E-state index is 0.0411. The van der Waals surface area contributed by atoms with Gasteiger partial charge in [0, 0.05) is 23.6 Å². The van der Waals surface area contributed by atoms with Crippen LogP contribution in [0.5, 0.6) is 0 Å². The van der Waals surface area contributed by atoms with Crippen LogP contribution in [-0.4, -0.2) is 50.9 Å². The predicted octanol–water partition coefficient (Wildman–Crippen LogP) is 4.25. The number of nitrogens with zero attached hydrogens (tertiary/aromatic N) is 3. The number of aryl methyl sites for hydroxylation is 2. The molecule has 1 atom stereocenters. The molecular formula is C23H33N3O3S2. The molecule has 1 fully saturated rings. The van der Waals surface area contributed by atoms with E-state index in [1.54, 1.807) is 15.9 Å². The van der Waals surface area contributed by atoms with Crippen molar-refractivity contribution in [1.29, 1.82) is 0 Å². The number of ether oxygens (including phenoxy) is 1. The Labute approximate surface area is 192 Å². The molecule has 1 amide bonds. The zero-order valence-electron chi connectivity index (χ0n) is 19.0. The molecule has 2 aliphatic rings. The average molecular weight is 464 g/mol. The topological polar surface area (TPSA) is 64.4 Å². The van der Waals surface area contributed by atoms with Crippen LogP contribution in [0.4, 0.5) is 0 Å². The molecule has 170 valence electrons. The largest absolute Gasteiger partial charge is 0.376 e. The lowest BCUT2D eigenvalue weighted by Gasteiger charge is -2.30. The molecule has 6 nitrogen and oxygen atoms in total. The first-order valence-corrected chi connectivity index (χ1v) is 13.3. The first kappa shape index (κ1) is 22.8. The number of hydrogen-bond donors (Lipinski definition) is 0. The third kappa shape index (κ3) is 4.71. The first-order valence-electron chi connectivity index (χ1n) is 11.5. The van der Waals surface area contributed by atoms with Gasteiger partial charge in [-0.05, 0) is 71.8 Å². The van der Waals surface area contributed by atoms with Crippen molar-refractivity contribution in [2.24, 2.45) is 0 Å². The third-order valence-electron chi connectivity index (χ3n) is 6.18. The molecule has 2 aromatic heterocycles. The quantitative estimate of drug-likeness (QED) is 0.454. The fourth-order valence-electron chi connectivity index (χ4n) is 4.86. The molecule has 1 aliphatic carbocycles. The number of thioether (sulfide) groups is 1. The number of fused-ring (bicyclic) bond motifs is 3. The maximum Gasteiger partial charge on any atom is 0.263 e. The van der Waals surface area contributed by atoms with Gasteiger partial charge in [-0.1, -0.05) is 11.8 Å². The van der Waals surface area contributed by atoms with Crippen LogP contribution in [0, 0.1) is 0 Å². The van der Waals surface area contributed by atoms with Gasteiger partial charge >= 0.3 is 0 Å². The first-order chi connectivity index (χ1) is 14.9. The summed E-state index contributed by atoms with van der Waals surface area (Å²) in [7, 11) is 0. The van der Waals surface area contributed by atoms with Crippen LogP contribution in [-0.2, 0) is 28.9 Å². The summed E-state index contributed by atoms with van der Waals surface area (Å²) < 4.78 is 7.62. The molecule has 0 bridgehead atoms. The third-order valence-corrected chi connectivity index (χ3v) is 8.32. The smallest absolute Gasteiger partial charge is 0.263 e. The van der Waals surface area contributed by atoms with Gasteiger partial charge in [-0.25, -0.2) is 4.98 Å². The fourth-order valence-corrected chi connectivity index (χ4v) is 7.04. The Bertz CT molecular complexity index is 998. The van der Waals surface area contributed by atoms with Crippen molar-refractivity contribution in [2.75, 3.05) is 12.4 Å². The summed E-state index contributed by atoms with van der Waals surface area (Å²) in [6.07, 6.45) is 6.36. The maximum absolute atomic E-state index is 13.6. The maximum atomic E-state index is 13.6. The number of rotatable bonds is 7. The highest BCUT2D eigenvalue weighted by Crippen LogP contribution is 2.35. The summed E-state index contributed by atoms with van der Waals surface area (Å²) in [6, 6.07) is 0.281. The van der Waals surface area contributed by atoms with E-state index < -0.39 is 0 Å². The number of thiophene rings is 1. The summed E-state index contributed by atoms with van der Waals surface area (Å²) in [5.74, 6) is 0.365. The molecule has 0 radical (unpaired) electrons. The normalized spacial score (nSPS) is 18.8. The Balaban J connectivity index is 1.69. The standard InChI is InChI=1S/C23H33N3O3S2/c1-14(2)26(15(3)4)19(27)13-30-23-24-21-20(17-9-5-6-10-18(17)31-21)22(28)25(23)12-16-8-7-11-29-16/h14-16H,5-13H2,1-4H3. The van der Waals surface area contributed by atoms with Gasteiger partial charge in [0.05, 0.1) is 23.8 Å². The molecule has 1 saturated heterocycles. The highest BCUT2D eigenvalue weighted by molar-refractivity contribution is 7.99. The fraction of sp³-hybridized carbons (Fsp3) is 0.696. The molecule has 4 rings (SSSR count). The van der Waals surface area contributed by atoms with E-state index in [1.165, 1.54) is 28.6 Å². The molecule has 0 aromatic carbocycles. The Hall–Kier alpha value is -1.38. The van der Waals surface area contributed by atoms with E-state index in [0.29, 0.717) is 11.7 Å². The molecule has 3 heterocycles. The lowest BCUT2D eigenvalue weighted by Crippen LogP contribution is -2.43. The Kier molecular flexibility index (Phi) is 7.08. The van der Waals surface area contributed by atoms with E-state index in [9.17, 15) is 9.59 Å². The molecule has 2 aromatic rings. The highest BCUT2D eigenvalue weighted by Gasteiger charge is 2.26. The molecule has 1 unspecified atom stereocenters. The van der Waals surface area contributed by atoms with Crippen molar-refractivity contribution in [3.63, 3.8) is 0 Å². The van der Waals surface area contributed by atoms with Crippen molar-refractivity contribution in [3.8, 4) is 0 Å². The Morgan fingerprint density at radius 2 is 1.97 bits per heavy atom. The number of carbonyl (C=O) groups excluding carboxylic acids is 1. The highest BCUT2D eigenvalue weighted by atomic mass is 32.2. The summed E-state index contributed by atoms with van der Waals surface area (Å²) in [5.41, 5.74) is 1.25. The minimum atomic E-state index is 0.0411. The van der Waals surface area contributed by atoms with E-state index in [0.717, 1.165) is 48.9 Å². The van der Waals surface area contributed by atoms with Gasteiger partial charge in [0.1, 0.15) is 4.83 Å². The van der Waals surface area contributed by atoms with Crippen molar-refractivity contribution in [3.05, 3.63) is 20.8 Å². The summed E-state index contributed by atoms with van der Waals surface area (Å²) in [6.45, 7) is 9.42. The lowest BCUT2D eigenvalue weighted by atomic mass is 9.97. The van der Waals surface area contributed by atoms with Gasteiger partial charge in [0.25, 0.3) is 5.56 Å². The van der Waals surface area contributed by atoms with Crippen LogP contribution in [0.15, 0.2) is 9.95 Å². The lowest BCUT2D eigenvalue weighted by molar-refractivity contribution is -0.131. The van der Waals surface area contributed by atoms with E-state index in [4.69, 9.17) is 9.72 Å². The van der Waals surface area contributed by atoms with E-state index in [2.05, 4.69) is 0 Å². The predicted molar refractivity (Wildman–Crippen MR) is 127 cm³/mol. The number of hydrogen-bond acceptors (Lipinski definition) is 6. The van der Waals surface area contributed by atoms with Crippen molar-refractivity contribution < 1.29 is 9.53 Å². The molecule has 31 heavy (non-hydrogen) atoms. The average Bonchev–Trinajstić information content (AvgIpc) is 3.35. The second-order valence-electron chi connectivity index (χ2n) is 9.11. The van der Waals surface area contributed by atoms with Crippen molar-refractivity contribution >= 4 is 39.2 Å². The molecule has 1 aliphatic heterocycles. The number of carbonyl (C=O) groups is 1. The molecule has 0 saturated carbocycles. The Morgan fingerprint density at radius 3 is 2.65 bits per heavy atom. The second kappa shape index (κ2) is 9.63. The van der Waals surface area contributed by atoms with Crippen LogP contribution in [0.2, 0.25) is 0 Å². The molecule has 8 heteroatoms. The number of aromatic nitrogens is 2. The molecule has 0 spiro atoms. The van der Waals surface area contributed by atoms with Crippen LogP contribution in [0.3, 0.4) is 0 Å². The van der Waals surface area contributed by atoms with Crippen LogP contribution in [0.1, 0.15) is 63.8 Å². The zero-order valence-corrected chi connectivity index (χ0v) is 20.6. The van der Waals surface area contributed by atoms with Crippen LogP contribution < -0.4 is 5.56 Å². The Morgan fingerprint density at radius 1 is 1.23 bits per heavy atom. The van der Waals surface area contributed by atoms with Gasteiger partial charge in [-0.3, -0.25) is 14.2 Å². The monoisotopic (exact) mass is 463 g/mol. The van der Waals surface area contributed by atoms with Gasteiger partial charge in [0.2, 0.25) is 5.91 Å². The van der Waals surface area contributed by atoms with Crippen molar-refractivity contribution in [1.82, 2.24) is 14.5 Å². The SMILES string of the molecule is CC(C)N(C(=O)CSc1nc2sc3c(c2c(=O)n1CC1CCCO1)CCCC3)C(C)C. The number of amides is 1. The van der Waals surface area contributed by atoms with Crippen LogP contribution in [0.25, 0.3) is 10.2 Å². The molecule has 0 N–H and O–H groups in total. The van der Waals surface area contributed by atoms with E-state index in [-0.39, 0.29) is 35.4 Å². The molecular weight excluding hydrogens is 430 g/mol. The van der Waals surface area contributed by atoms with E-state index >= 15 is 0 Å². The summed E-state index contributed by atoms with van der Waals surface area (Å²) in [5, 5.41) is 1.45. The van der Waals surface area contributed by atoms with Crippen LogP contribution >= 0.6 is 23.1 Å². The van der Waals surface area contributed by atoms with Gasteiger partial charge in [-0.2, -0.15) is 0 Å². The van der Waals surface area contributed by atoms with Gasteiger partial charge < -0.3 is 9.64 Å². The summed E-state index contributed by atoms with van der Waals surface area (Å²) >= 11 is 3.05.